The van der Waals surface area contributed by atoms with Crippen LogP contribution in [0.5, 0.6) is 5.75 Å². The zero-order chi connectivity index (χ0) is 20.4. The Morgan fingerprint density at radius 1 is 1.32 bits per heavy atom. The van der Waals surface area contributed by atoms with Crippen LogP contribution in [0.2, 0.25) is 0 Å². The Hall–Kier alpha value is -1.58. The molecule has 1 aromatic carbocycles. The lowest BCUT2D eigenvalue weighted by atomic mass is 9.83. The molecule has 1 aromatic heterocycles. The van der Waals surface area contributed by atoms with Gasteiger partial charge in [0.25, 0.3) is 0 Å². The van der Waals surface area contributed by atoms with Gasteiger partial charge in [0.1, 0.15) is 10.8 Å². The first-order chi connectivity index (χ1) is 13.2. The quantitative estimate of drug-likeness (QED) is 0.713. The predicted molar refractivity (Wildman–Crippen MR) is 106 cm³/mol. The molecule has 3 rings (SSSR count). The van der Waals surface area contributed by atoms with E-state index in [-0.39, 0.29) is 31.6 Å². The molecule has 1 aliphatic carbocycles. The van der Waals surface area contributed by atoms with E-state index in [1.165, 1.54) is 6.92 Å². The highest BCUT2D eigenvalue weighted by atomic mass is 32.2. The minimum Gasteiger partial charge on any atom is -0.493 e. The number of hydrogen-bond acceptors (Lipinski definition) is 5. The largest absolute Gasteiger partial charge is 0.493 e. The Bertz CT molecular complexity index is 898. The van der Waals surface area contributed by atoms with E-state index in [1.807, 2.05) is 25.3 Å². The first kappa shape index (κ1) is 21.1. The third-order valence-corrected chi connectivity index (χ3v) is 7.23. The number of thiazole rings is 1. The Morgan fingerprint density at radius 3 is 2.64 bits per heavy atom. The van der Waals surface area contributed by atoms with Crippen LogP contribution in [0.1, 0.15) is 31.1 Å². The van der Waals surface area contributed by atoms with Crippen LogP contribution in [0, 0.1) is 12.8 Å². The summed E-state index contributed by atoms with van der Waals surface area (Å²) in [6.45, 7) is 3.54. The molecule has 1 fully saturated rings. The van der Waals surface area contributed by atoms with E-state index in [1.54, 1.807) is 23.5 Å². The van der Waals surface area contributed by atoms with Gasteiger partial charge >= 0.3 is 0 Å². The lowest BCUT2D eigenvalue weighted by Gasteiger charge is -2.36. The van der Waals surface area contributed by atoms with Crippen molar-refractivity contribution in [3.8, 4) is 16.3 Å². The van der Waals surface area contributed by atoms with Crippen molar-refractivity contribution in [2.24, 2.45) is 5.92 Å². The lowest BCUT2D eigenvalue weighted by Crippen LogP contribution is -2.48. The molecule has 154 valence electrons. The summed E-state index contributed by atoms with van der Waals surface area (Å²) in [5, 5.41) is 0.907. The number of halogens is 2. The van der Waals surface area contributed by atoms with Crippen LogP contribution < -0.4 is 9.46 Å². The highest BCUT2D eigenvalue weighted by Gasteiger charge is 2.42. The first-order valence-electron chi connectivity index (χ1n) is 9.21. The van der Waals surface area contributed by atoms with Crippen LogP contribution in [0.3, 0.4) is 0 Å². The summed E-state index contributed by atoms with van der Waals surface area (Å²) < 4.78 is 59.8. The molecule has 2 atom stereocenters. The number of benzene rings is 1. The summed E-state index contributed by atoms with van der Waals surface area (Å²) >= 11 is 1.59. The molecule has 2 aromatic rings. The van der Waals surface area contributed by atoms with Crippen molar-refractivity contribution < 1.29 is 21.9 Å². The Morgan fingerprint density at radius 2 is 2.04 bits per heavy atom. The first-order valence-corrected chi connectivity index (χ1v) is 11.7. The highest BCUT2D eigenvalue weighted by Crippen LogP contribution is 2.37. The van der Waals surface area contributed by atoms with Gasteiger partial charge in [-0.1, -0.05) is 0 Å². The highest BCUT2D eigenvalue weighted by molar-refractivity contribution is 7.89. The van der Waals surface area contributed by atoms with Crippen molar-refractivity contribution in [3.63, 3.8) is 0 Å². The molecule has 1 saturated carbocycles. The van der Waals surface area contributed by atoms with Gasteiger partial charge in [-0.3, -0.25) is 0 Å². The Kier molecular flexibility index (Phi) is 6.36. The molecule has 5 nitrogen and oxygen atoms in total. The van der Waals surface area contributed by atoms with Crippen LogP contribution in [0.15, 0.2) is 30.5 Å². The molecule has 0 unspecified atom stereocenters. The van der Waals surface area contributed by atoms with E-state index < -0.39 is 27.9 Å². The van der Waals surface area contributed by atoms with Crippen LogP contribution >= 0.6 is 11.3 Å². The fourth-order valence-corrected chi connectivity index (χ4v) is 4.97. The zero-order valence-corrected chi connectivity index (χ0v) is 17.5. The second kappa shape index (κ2) is 8.42. The normalized spacial score (nSPS) is 22.1. The van der Waals surface area contributed by atoms with Crippen molar-refractivity contribution in [3.05, 3.63) is 35.3 Å². The maximum absolute atomic E-state index is 13.9. The predicted octanol–water partition coefficient (Wildman–Crippen LogP) is 4.24. The molecule has 1 heterocycles. The summed E-state index contributed by atoms with van der Waals surface area (Å²) in [7, 11) is -3.46. The molecule has 28 heavy (non-hydrogen) atoms. The number of nitrogens with one attached hydrogen (secondary N) is 1. The zero-order valence-electron chi connectivity index (χ0n) is 15.8. The van der Waals surface area contributed by atoms with E-state index in [9.17, 15) is 17.2 Å². The van der Waals surface area contributed by atoms with E-state index in [0.717, 1.165) is 15.4 Å². The summed E-state index contributed by atoms with van der Waals surface area (Å²) in [5.74, 6) is -2.91. The van der Waals surface area contributed by atoms with E-state index in [4.69, 9.17) is 4.74 Å². The van der Waals surface area contributed by atoms with Gasteiger partial charge in [-0.2, -0.15) is 0 Å². The maximum Gasteiger partial charge on any atom is 0.248 e. The van der Waals surface area contributed by atoms with Gasteiger partial charge in [0.15, 0.2) is 0 Å². The molecule has 0 amide bonds. The smallest absolute Gasteiger partial charge is 0.248 e. The van der Waals surface area contributed by atoms with Crippen molar-refractivity contribution in [1.82, 2.24) is 9.71 Å². The number of alkyl halides is 2. The third-order valence-electron chi connectivity index (χ3n) is 4.85. The topological polar surface area (TPSA) is 68.3 Å². The van der Waals surface area contributed by atoms with Crippen LogP contribution in [-0.2, 0) is 10.0 Å². The third kappa shape index (κ3) is 5.48. The number of ether oxygens (including phenoxy) is 1. The second-order valence-corrected chi connectivity index (χ2v) is 10.4. The van der Waals surface area contributed by atoms with E-state index in [0.29, 0.717) is 5.75 Å². The number of rotatable bonds is 7. The molecule has 0 radical (unpaired) electrons. The molecule has 1 N–H and O–H groups in total. The monoisotopic (exact) mass is 430 g/mol. The van der Waals surface area contributed by atoms with Gasteiger partial charge in [0.2, 0.25) is 15.9 Å². The minimum atomic E-state index is -3.46. The number of sulfonamides is 1. The summed E-state index contributed by atoms with van der Waals surface area (Å²) in [6, 6.07) is 6.76. The van der Waals surface area contributed by atoms with Gasteiger partial charge in [-0.05, 0) is 44.5 Å². The van der Waals surface area contributed by atoms with Gasteiger partial charge in [-0.25, -0.2) is 26.9 Å². The molecule has 0 saturated heterocycles. The van der Waals surface area contributed by atoms with Crippen LogP contribution in [0.25, 0.3) is 10.6 Å². The molecular formula is C19H24F2N2O3S2. The fraction of sp³-hybridized carbons (Fsp3) is 0.526. The number of aryl methyl sites for hydroxylation is 1. The number of aromatic nitrogens is 1. The molecule has 1 aliphatic rings. The SMILES string of the molecule is CCS(=O)(=O)N[C@H]1CCC(F)(F)C[C@H]1COc1ccc(-c2ncc(C)s2)cc1. The average molecular weight is 431 g/mol. The van der Waals surface area contributed by atoms with Gasteiger partial charge in [0.05, 0.1) is 12.4 Å². The fourth-order valence-electron chi connectivity index (χ4n) is 3.26. The molecular weight excluding hydrogens is 406 g/mol. The summed E-state index contributed by atoms with van der Waals surface area (Å²) in [5.41, 5.74) is 0.961. The summed E-state index contributed by atoms with van der Waals surface area (Å²) in [6.07, 6.45) is 1.20. The standard InChI is InChI=1S/C19H24F2N2O3S2/c1-3-28(24,25)23-17-8-9-19(20,21)10-15(17)12-26-16-6-4-14(5-7-16)18-22-11-13(2)27-18/h4-7,11,15,17,23H,3,8-10,12H2,1-2H3/t15-,17-/m0/s1. The van der Waals surface area contributed by atoms with Gasteiger partial charge in [0, 0.05) is 41.4 Å². The van der Waals surface area contributed by atoms with Gasteiger partial charge in [-0.15, -0.1) is 11.3 Å². The molecule has 0 spiro atoms. The Labute approximate surface area is 168 Å². The second-order valence-electron chi connectivity index (χ2n) is 7.10. The van der Waals surface area contributed by atoms with E-state index >= 15 is 0 Å². The molecule has 9 heteroatoms. The van der Waals surface area contributed by atoms with Crippen molar-refractivity contribution >= 4 is 21.4 Å². The number of nitrogens with zero attached hydrogens (tertiary/aromatic N) is 1. The molecule has 0 bridgehead atoms. The number of hydrogen-bond donors (Lipinski definition) is 1. The van der Waals surface area contributed by atoms with Crippen LogP contribution in [-0.4, -0.2) is 37.7 Å². The summed E-state index contributed by atoms with van der Waals surface area (Å²) in [4.78, 5) is 5.45. The van der Waals surface area contributed by atoms with E-state index in [2.05, 4.69) is 9.71 Å². The average Bonchev–Trinajstić information content (AvgIpc) is 3.08. The van der Waals surface area contributed by atoms with Crippen molar-refractivity contribution in [2.45, 2.75) is 45.1 Å². The van der Waals surface area contributed by atoms with Gasteiger partial charge < -0.3 is 4.74 Å². The maximum atomic E-state index is 13.9. The van der Waals surface area contributed by atoms with Crippen molar-refractivity contribution in [2.75, 3.05) is 12.4 Å². The van der Waals surface area contributed by atoms with Crippen LogP contribution in [0.4, 0.5) is 8.78 Å². The Balaban J connectivity index is 1.66. The molecule has 0 aliphatic heterocycles. The lowest BCUT2D eigenvalue weighted by molar-refractivity contribution is -0.0660. The van der Waals surface area contributed by atoms with Crippen molar-refractivity contribution in [1.29, 1.82) is 0 Å². The minimum absolute atomic E-state index is 0.0300.